The maximum absolute atomic E-state index is 3.59. The normalized spacial score (nSPS) is 12.4. The van der Waals surface area contributed by atoms with Gasteiger partial charge in [-0.3, -0.25) is 0 Å². The first kappa shape index (κ1) is 41.5. The Hall–Kier alpha value is -3.67. The van der Waals surface area contributed by atoms with E-state index >= 15 is 0 Å². The van der Waals surface area contributed by atoms with Crippen LogP contribution in [0.3, 0.4) is 0 Å². The van der Waals surface area contributed by atoms with Crippen LogP contribution in [0.15, 0.2) is 48.5 Å². The van der Waals surface area contributed by atoms with Crippen LogP contribution in [-0.4, -0.2) is 45.9 Å². The Morgan fingerprint density at radius 3 is 0.531 bits per heavy atom. The van der Waals surface area contributed by atoms with Crippen LogP contribution in [0.5, 0.6) is 0 Å². The summed E-state index contributed by atoms with van der Waals surface area (Å²) >= 11 is 0. The second kappa shape index (κ2) is 17.8. The minimum atomic E-state index is 0. The van der Waals surface area contributed by atoms with Crippen molar-refractivity contribution in [2.24, 2.45) is 0 Å². The molecule has 0 aliphatic rings. The second-order valence-corrected chi connectivity index (χ2v) is 14.1. The average Bonchev–Trinajstić information content (AvgIpc) is 2.96. The number of hydrogen-bond acceptors (Lipinski definition) is 0. The maximum Gasteiger partial charge on any atom is 2.00 e. The molecule has 0 heterocycles. The van der Waals surface area contributed by atoms with Gasteiger partial charge in [-0.2, -0.15) is 0 Å². The van der Waals surface area contributed by atoms with Crippen LogP contribution in [0.4, 0.5) is 22.7 Å². The number of rotatable bonds is 6. The Morgan fingerprint density at radius 1 is 0.286 bits per heavy atom. The maximum atomic E-state index is 3.59. The summed E-state index contributed by atoms with van der Waals surface area (Å²) in [6, 6.07) is 17.8. The first-order chi connectivity index (χ1) is 22.4. The molecule has 4 nitrogen and oxygen atoms in total. The first-order valence-electron chi connectivity index (χ1n) is 17.1. The Kier molecular flexibility index (Phi) is 15.1. The fourth-order valence-corrected chi connectivity index (χ4v) is 6.63. The molecule has 0 aromatic heterocycles. The van der Waals surface area contributed by atoms with Gasteiger partial charge in [-0.25, -0.2) is 20.0 Å². The van der Waals surface area contributed by atoms with Gasteiger partial charge in [0.2, 0.25) is 45.6 Å². The molecule has 0 saturated carbocycles. The van der Waals surface area contributed by atoms with Crippen LogP contribution in [-0.2, 0) is 0 Å². The summed E-state index contributed by atoms with van der Waals surface area (Å²) in [6.07, 6.45) is 0. The Morgan fingerprint density at radius 2 is 0.408 bits per heavy atom. The van der Waals surface area contributed by atoms with Crippen molar-refractivity contribution in [2.75, 3.05) is 0 Å². The van der Waals surface area contributed by atoms with E-state index in [4.69, 9.17) is 0 Å². The van der Waals surface area contributed by atoms with Gasteiger partial charge in [-0.1, -0.05) is 22.3 Å². The molecule has 4 aromatic rings. The number of hydrogen-bond donors (Lipinski definition) is 4. The largest absolute Gasteiger partial charge is 2.00 e. The standard InChI is InChI=1S/2C22H28N2.Mg/c2*1-13-9-15(3)21(16(4)10-13)23-19(7)20(8)24-22-17(5)11-14(2)12-18(22)6;/h2*9-12H,1-8H3;/q;;+2/p+4. The average molecular weight is 669 g/mol. The minimum Gasteiger partial charge on any atom is -0.203 e. The van der Waals surface area contributed by atoms with Crippen LogP contribution >= 0.6 is 0 Å². The summed E-state index contributed by atoms with van der Waals surface area (Å²) in [5.41, 5.74) is 24.8. The fourth-order valence-electron chi connectivity index (χ4n) is 6.63. The van der Waals surface area contributed by atoms with Crippen LogP contribution < -0.4 is 20.0 Å². The molecule has 0 fully saturated rings. The summed E-state index contributed by atoms with van der Waals surface area (Å²) in [7, 11) is 0. The van der Waals surface area contributed by atoms with Gasteiger partial charge in [0.1, 0.15) is 0 Å². The molecule has 0 amide bonds. The van der Waals surface area contributed by atoms with Crippen molar-refractivity contribution in [2.45, 2.75) is 111 Å². The van der Waals surface area contributed by atoms with Crippen molar-refractivity contribution in [1.82, 2.24) is 0 Å². The number of nitrogens with one attached hydrogen (secondary N) is 4. The zero-order valence-corrected chi connectivity index (χ0v) is 34.7. The smallest absolute Gasteiger partial charge is 0.203 e. The molecule has 0 unspecified atom stereocenters. The topological polar surface area (TPSA) is 55.9 Å². The van der Waals surface area contributed by atoms with Gasteiger partial charge in [0, 0.05) is 72.2 Å². The van der Waals surface area contributed by atoms with Gasteiger partial charge in [-0.15, -0.1) is 0 Å². The van der Waals surface area contributed by atoms with E-state index in [1.807, 2.05) is 0 Å². The van der Waals surface area contributed by atoms with E-state index in [0.29, 0.717) is 0 Å². The summed E-state index contributed by atoms with van der Waals surface area (Å²) in [6.45, 7) is 34.3. The van der Waals surface area contributed by atoms with Gasteiger partial charge >= 0.3 is 23.1 Å². The van der Waals surface area contributed by atoms with Gasteiger partial charge in [-0.05, 0) is 132 Å². The molecule has 4 aromatic carbocycles. The molecular formula is C44H60MgN4+6. The molecule has 5 heteroatoms. The van der Waals surface area contributed by atoms with Crippen molar-refractivity contribution in [3.8, 4) is 0 Å². The monoisotopic (exact) mass is 668 g/mol. The van der Waals surface area contributed by atoms with E-state index < -0.39 is 0 Å². The molecule has 0 atom stereocenters. The number of benzene rings is 4. The third-order valence-electron chi connectivity index (χ3n) is 9.08. The molecule has 0 aliphatic heterocycles. The van der Waals surface area contributed by atoms with Crippen molar-refractivity contribution in [1.29, 1.82) is 0 Å². The van der Waals surface area contributed by atoms with E-state index in [2.05, 4.69) is 179 Å². The molecule has 252 valence electrons. The molecule has 0 radical (unpaired) electrons. The van der Waals surface area contributed by atoms with Crippen LogP contribution in [0.1, 0.15) is 94.5 Å². The summed E-state index contributed by atoms with van der Waals surface area (Å²) in [5.74, 6) is 0. The molecule has 4 rings (SSSR count). The zero-order valence-electron chi connectivity index (χ0n) is 33.3. The quantitative estimate of drug-likeness (QED) is 0.169. The van der Waals surface area contributed by atoms with Crippen molar-refractivity contribution < 1.29 is 20.0 Å². The third kappa shape index (κ3) is 11.2. The van der Waals surface area contributed by atoms with Gasteiger partial charge in [0.15, 0.2) is 0 Å². The summed E-state index contributed by atoms with van der Waals surface area (Å²) in [5, 5.41) is 0. The second-order valence-electron chi connectivity index (χ2n) is 14.1. The molecule has 0 saturated heterocycles. The van der Waals surface area contributed by atoms with Crippen LogP contribution in [0, 0.1) is 83.1 Å². The van der Waals surface area contributed by atoms with Crippen LogP contribution in [0.2, 0.25) is 0 Å². The van der Waals surface area contributed by atoms with Crippen molar-refractivity contribution in [3.63, 3.8) is 0 Å². The van der Waals surface area contributed by atoms with Crippen molar-refractivity contribution >= 4 is 68.6 Å². The molecule has 49 heavy (non-hydrogen) atoms. The molecule has 0 aliphatic carbocycles. The summed E-state index contributed by atoms with van der Waals surface area (Å²) in [4.78, 5) is 14.4. The Bertz CT molecular complexity index is 1590. The summed E-state index contributed by atoms with van der Waals surface area (Å²) < 4.78 is 0. The minimum absolute atomic E-state index is 0. The first-order valence-corrected chi connectivity index (χ1v) is 17.1. The zero-order chi connectivity index (χ0) is 36.0. The van der Waals surface area contributed by atoms with E-state index in [9.17, 15) is 0 Å². The van der Waals surface area contributed by atoms with E-state index in [1.165, 1.54) is 89.5 Å². The molecule has 4 N–H and O–H groups in total. The Labute approximate surface area is 313 Å². The fraction of sp³-hybridized carbons (Fsp3) is 0.364. The van der Waals surface area contributed by atoms with E-state index in [1.54, 1.807) is 0 Å². The van der Waals surface area contributed by atoms with Crippen LogP contribution in [0.25, 0.3) is 0 Å². The van der Waals surface area contributed by atoms with E-state index in [-0.39, 0.29) is 23.1 Å². The number of aryl methyl sites for hydroxylation is 12. The third-order valence-corrected chi connectivity index (χ3v) is 9.08. The van der Waals surface area contributed by atoms with Crippen molar-refractivity contribution in [3.05, 3.63) is 115 Å². The molecular weight excluding hydrogens is 609 g/mol. The molecule has 0 bridgehead atoms. The van der Waals surface area contributed by atoms with Gasteiger partial charge in [0.05, 0.1) is 0 Å². The predicted molar refractivity (Wildman–Crippen MR) is 214 cm³/mol. The Balaban J connectivity index is 0.000000333. The SMILES string of the molecule is CC(=[NH+]c1c(C)cc(C)cc1C)C(C)=[NH+]c1c(C)cc(C)cc1C.CC(=[NH+]c1c(C)cc(C)cc1C)C(C)=[NH+]c1c(C)cc(C)cc1C.[Mg+2]. The molecule has 0 spiro atoms. The van der Waals surface area contributed by atoms with Gasteiger partial charge in [0.25, 0.3) is 0 Å². The predicted octanol–water partition coefficient (Wildman–Crippen LogP) is 4.79. The van der Waals surface area contributed by atoms with Gasteiger partial charge < -0.3 is 0 Å². The van der Waals surface area contributed by atoms with E-state index in [0.717, 1.165) is 22.8 Å².